The second kappa shape index (κ2) is 21.3. The molecule has 13 heteroatoms. The number of fused-ring (bicyclic) bond motifs is 5. The van der Waals surface area contributed by atoms with Crippen LogP contribution in [0.3, 0.4) is 0 Å². The summed E-state index contributed by atoms with van der Waals surface area (Å²) < 4.78 is 41.9. The number of hydrogen-bond donors (Lipinski definition) is 7. The Morgan fingerprint density at radius 3 is 2.47 bits per heavy atom. The minimum atomic E-state index is -1.07. The van der Waals surface area contributed by atoms with Crippen LogP contribution in [0.15, 0.2) is 72.8 Å². The van der Waals surface area contributed by atoms with Crippen molar-refractivity contribution < 1.29 is 54.0 Å². The van der Waals surface area contributed by atoms with Gasteiger partial charge in [-0.05, 0) is 178 Å². The van der Waals surface area contributed by atoms with E-state index in [9.17, 15) is 25.5 Å². The molecule has 418 valence electrons. The molecule has 1 saturated heterocycles. The molecule has 8 aliphatic rings. The van der Waals surface area contributed by atoms with E-state index in [1.165, 1.54) is 32.1 Å². The van der Waals surface area contributed by atoms with Gasteiger partial charge in [0.05, 0.1) is 48.1 Å². The van der Waals surface area contributed by atoms with E-state index in [1.54, 1.807) is 31.4 Å². The first-order valence-corrected chi connectivity index (χ1v) is 29.6. The van der Waals surface area contributed by atoms with Crippen molar-refractivity contribution in [1.82, 2.24) is 10.6 Å². The molecule has 2 bridgehead atoms. The van der Waals surface area contributed by atoms with Crippen LogP contribution in [0, 0.1) is 40.9 Å². The molecule has 13 nitrogen and oxygen atoms in total. The lowest BCUT2D eigenvalue weighted by Crippen LogP contribution is -2.75. The van der Waals surface area contributed by atoms with Gasteiger partial charge in [-0.2, -0.15) is 0 Å². The Balaban J connectivity index is 0.952. The zero-order valence-electron chi connectivity index (χ0n) is 45.9. The number of aliphatic hydroxyl groups excluding tert-OH is 2. The molecule has 0 unspecified atom stereocenters. The summed E-state index contributed by atoms with van der Waals surface area (Å²) in [6.07, 6.45) is 13.4. The Hall–Kier alpha value is -5.72. The lowest BCUT2D eigenvalue weighted by Gasteiger charge is -2.55. The summed E-state index contributed by atoms with van der Waals surface area (Å²) >= 11 is 0. The molecule has 7 N–H and O–H groups in total. The Labute approximate surface area is 464 Å². The number of benzene rings is 5. The predicted molar refractivity (Wildman–Crippen MR) is 301 cm³/mol. The number of methoxy groups -OCH3 is 1. The van der Waals surface area contributed by atoms with Gasteiger partial charge in [-0.15, -0.1) is 0 Å². The van der Waals surface area contributed by atoms with Crippen molar-refractivity contribution in [3.05, 3.63) is 101 Å². The van der Waals surface area contributed by atoms with E-state index in [0.717, 1.165) is 90.1 Å². The van der Waals surface area contributed by atoms with Gasteiger partial charge in [0.25, 0.3) is 0 Å². The molecule has 4 aliphatic carbocycles. The van der Waals surface area contributed by atoms with Crippen LogP contribution in [0.2, 0.25) is 0 Å². The quantitative estimate of drug-likeness (QED) is 0.0464. The van der Waals surface area contributed by atoms with Crippen LogP contribution in [0.25, 0.3) is 21.9 Å². The molecule has 4 aliphatic heterocycles. The second-order valence-electron chi connectivity index (χ2n) is 24.7. The van der Waals surface area contributed by atoms with Gasteiger partial charge in [0.15, 0.2) is 0 Å². The topological polar surface area (TPSA) is 181 Å². The smallest absolute Gasteiger partial charge is 0.149 e. The number of ether oxygens (including phenoxy) is 6. The SMILES string of the molecule is CCc1cc(-c2cccc(O)c2)c(Cc2cc(OC3CCCC3)cc3c2OC[C@H]([C@@H]2[C@@H](CCCOC)Oc4c5cc(c6cc(O)ccc46)OCC#C[C@H]4CN[C@@]6(CCC7(CCCC7)C6)N[C@@]46CC[C@H](CO)[C@H]6O[C@@H]52)[C@@H]3O)cc1O. The number of rotatable bonds is 12. The molecular weight excluding hydrogens is 997 g/mol. The average molecular weight is 1080 g/mol. The highest BCUT2D eigenvalue weighted by Crippen LogP contribution is 2.60. The number of hydrogen-bond acceptors (Lipinski definition) is 13. The van der Waals surface area contributed by atoms with E-state index >= 15 is 0 Å². The van der Waals surface area contributed by atoms with Crippen LogP contribution >= 0.6 is 0 Å². The molecule has 3 spiro atoms. The van der Waals surface area contributed by atoms with Crippen LogP contribution in [-0.2, 0) is 22.3 Å². The normalized spacial score (nSPS) is 30.5. The minimum Gasteiger partial charge on any atom is -0.508 e. The second-order valence-corrected chi connectivity index (χ2v) is 24.7. The molecule has 79 heavy (non-hydrogen) atoms. The summed E-state index contributed by atoms with van der Waals surface area (Å²) in [4.78, 5) is 0. The average Bonchev–Trinajstić information content (AvgIpc) is 4.44. The maximum atomic E-state index is 13.5. The summed E-state index contributed by atoms with van der Waals surface area (Å²) in [5.41, 5.74) is 4.97. The van der Waals surface area contributed by atoms with Crippen molar-refractivity contribution in [1.29, 1.82) is 0 Å². The summed E-state index contributed by atoms with van der Waals surface area (Å²) in [5.74, 6) is 8.58. The molecule has 0 amide bonds. The van der Waals surface area contributed by atoms with Crippen LogP contribution in [0.1, 0.15) is 143 Å². The van der Waals surface area contributed by atoms with E-state index in [4.69, 9.17) is 28.4 Å². The summed E-state index contributed by atoms with van der Waals surface area (Å²) in [5, 5.41) is 68.0. The molecule has 4 saturated carbocycles. The van der Waals surface area contributed by atoms with Gasteiger partial charge in [0.1, 0.15) is 53.0 Å². The van der Waals surface area contributed by atoms with Crippen molar-refractivity contribution >= 4 is 10.8 Å². The van der Waals surface area contributed by atoms with E-state index in [-0.39, 0.29) is 60.7 Å². The fourth-order valence-corrected chi connectivity index (χ4v) is 16.2. The molecule has 4 heterocycles. The van der Waals surface area contributed by atoms with Gasteiger partial charge < -0.3 is 54.0 Å². The fourth-order valence-electron chi connectivity index (χ4n) is 16.2. The summed E-state index contributed by atoms with van der Waals surface area (Å²) in [7, 11) is 1.71. The van der Waals surface area contributed by atoms with Crippen LogP contribution in [-0.4, -0.2) is 95.1 Å². The van der Waals surface area contributed by atoms with Crippen molar-refractivity contribution in [2.24, 2.45) is 29.1 Å². The van der Waals surface area contributed by atoms with E-state index < -0.39 is 41.8 Å². The third-order valence-electron chi connectivity index (χ3n) is 20.0. The number of aromatic hydroxyl groups is 3. The highest BCUT2D eigenvalue weighted by Gasteiger charge is 2.63. The highest BCUT2D eigenvalue weighted by atomic mass is 16.5. The van der Waals surface area contributed by atoms with Crippen LogP contribution in [0.5, 0.6) is 40.2 Å². The molecule has 10 atom stereocenters. The third-order valence-corrected chi connectivity index (χ3v) is 20.0. The maximum absolute atomic E-state index is 13.5. The predicted octanol–water partition coefficient (Wildman–Crippen LogP) is 10.9. The molecule has 0 aromatic heterocycles. The van der Waals surface area contributed by atoms with Gasteiger partial charge in [-0.25, -0.2) is 0 Å². The number of aliphatic hydroxyl groups is 2. The monoisotopic (exact) mass is 1070 g/mol. The summed E-state index contributed by atoms with van der Waals surface area (Å²) in [6, 6.07) is 22.4. The van der Waals surface area contributed by atoms with Gasteiger partial charge >= 0.3 is 0 Å². The van der Waals surface area contributed by atoms with Gasteiger partial charge in [-0.3, -0.25) is 10.6 Å². The Bertz CT molecular complexity index is 3160. The molecule has 0 radical (unpaired) electrons. The largest absolute Gasteiger partial charge is 0.508 e. The first-order chi connectivity index (χ1) is 38.5. The minimum absolute atomic E-state index is 0.0349. The molecule has 5 aromatic carbocycles. The molecular formula is C66H78N2O11. The van der Waals surface area contributed by atoms with Crippen molar-refractivity contribution in [2.75, 3.05) is 40.1 Å². The number of aryl methyl sites for hydroxylation is 1. The Kier molecular flexibility index (Phi) is 14.2. The molecule has 5 aromatic rings. The lowest BCUT2D eigenvalue weighted by molar-refractivity contribution is -0.167. The lowest BCUT2D eigenvalue weighted by atomic mass is 9.71. The molecule has 13 rings (SSSR count). The van der Waals surface area contributed by atoms with E-state index in [1.807, 2.05) is 55.5 Å². The first kappa shape index (κ1) is 52.6. The number of nitrogens with one attached hydrogen (secondary N) is 2. The van der Waals surface area contributed by atoms with E-state index in [2.05, 4.69) is 22.5 Å². The van der Waals surface area contributed by atoms with Crippen LogP contribution in [0.4, 0.5) is 0 Å². The number of phenols is 3. The van der Waals surface area contributed by atoms with Crippen molar-refractivity contribution in [3.8, 4) is 63.2 Å². The van der Waals surface area contributed by atoms with E-state index in [0.29, 0.717) is 78.2 Å². The molecule has 5 fully saturated rings. The first-order valence-electron chi connectivity index (χ1n) is 29.6. The number of phenolic OH excluding ortho intramolecular Hbond substituents is 3. The van der Waals surface area contributed by atoms with Crippen molar-refractivity contribution in [3.63, 3.8) is 0 Å². The van der Waals surface area contributed by atoms with Gasteiger partial charge in [0, 0.05) is 78.5 Å². The van der Waals surface area contributed by atoms with Gasteiger partial charge in [-0.1, -0.05) is 43.7 Å². The zero-order valence-corrected chi connectivity index (χ0v) is 45.9. The van der Waals surface area contributed by atoms with Gasteiger partial charge in [0.2, 0.25) is 0 Å². The Morgan fingerprint density at radius 1 is 0.810 bits per heavy atom. The standard InChI is InChI=1S/C66H78N2O11/c1-3-39-30-50(40-11-8-13-45(70)28-40)42(31-55(39)72)27-43-29-48(77-47-14-4-5-15-47)33-52-59(73)54(37-76-60(43)52)58-56(16-10-25-74-2)78-61-49-18-17-46(71)32-51(49)57-34-53(61)62(58)79-63-41(36-69)19-22-66(63)44(12-9-26-75-57)35-67-65(68-66)24-23-64(38-65)20-6-7-21-64/h8,11,13,17-18,28-34,41,44,47,54,56,58-59,62-63,67-73H,3-7,10,14-16,19-27,35-38H2,1-2H3/t41-,44+,54-,56-,58-,59-,62+,63-,65+,66+/m1/s1. The fraction of sp³-hybridized carbons (Fsp3) is 0.545. The van der Waals surface area contributed by atoms with Crippen molar-refractivity contribution in [2.45, 2.75) is 158 Å². The Morgan fingerprint density at radius 2 is 1.66 bits per heavy atom. The van der Waals surface area contributed by atoms with Crippen LogP contribution < -0.4 is 29.6 Å². The maximum Gasteiger partial charge on any atom is 0.149 e. The summed E-state index contributed by atoms with van der Waals surface area (Å²) in [6.45, 7) is 3.41. The zero-order chi connectivity index (χ0) is 54.0. The highest BCUT2D eigenvalue weighted by molar-refractivity contribution is 5.96. The third kappa shape index (κ3) is 9.56.